The van der Waals surface area contributed by atoms with Crippen molar-refractivity contribution in [3.05, 3.63) is 57.2 Å². The molecule has 8 heteroatoms. The molecule has 2 aromatic heterocycles. The average molecular weight is 353 g/mol. The summed E-state index contributed by atoms with van der Waals surface area (Å²) in [5.74, 6) is -0.414. The topological polar surface area (TPSA) is 59.3 Å². The van der Waals surface area contributed by atoms with Crippen LogP contribution in [0.5, 0.6) is 0 Å². The van der Waals surface area contributed by atoms with Crippen LogP contribution >= 0.6 is 22.9 Å². The molecular formula is C15H14ClFN4OS. The van der Waals surface area contributed by atoms with E-state index in [1.807, 2.05) is 13.8 Å². The monoisotopic (exact) mass is 352 g/mol. The zero-order valence-electron chi connectivity index (χ0n) is 12.5. The molecule has 0 unspecified atom stereocenters. The van der Waals surface area contributed by atoms with Gasteiger partial charge in [-0.05, 0) is 11.6 Å². The van der Waals surface area contributed by atoms with E-state index in [2.05, 4.69) is 15.4 Å². The minimum Gasteiger partial charge on any atom is -0.359 e. The molecule has 0 radical (unpaired) electrons. The standard InChI is InChI=1S/C15H14ClFN4OS/c1-15(2,9-4-3-5-10(16)12(9)17)8-19-13-20-21-11(22)6-7-18-14(21)23-13/h3-7H,8H2,1-2H3,(H,19,20). The third kappa shape index (κ3) is 3.07. The predicted molar refractivity (Wildman–Crippen MR) is 90.1 cm³/mol. The molecule has 2 heterocycles. The first-order chi connectivity index (χ1) is 10.9. The molecule has 23 heavy (non-hydrogen) atoms. The number of fused-ring (bicyclic) bond motifs is 1. The Labute approximate surface area is 140 Å². The Hall–Kier alpha value is -1.99. The third-order valence-electron chi connectivity index (χ3n) is 3.53. The predicted octanol–water partition coefficient (Wildman–Crippen LogP) is 3.33. The molecular weight excluding hydrogens is 339 g/mol. The van der Waals surface area contributed by atoms with Gasteiger partial charge in [-0.1, -0.05) is 48.9 Å². The van der Waals surface area contributed by atoms with Gasteiger partial charge in [0.1, 0.15) is 5.82 Å². The van der Waals surface area contributed by atoms with E-state index >= 15 is 0 Å². The van der Waals surface area contributed by atoms with Gasteiger partial charge in [-0.2, -0.15) is 4.52 Å². The lowest BCUT2D eigenvalue weighted by Gasteiger charge is -2.26. The first-order valence-electron chi connectivity index (χ1n) is 6.92. The number of nitrogens with one attached hydrogen (secondary N) is 1. The van der Waals surface area contributed by atoms with Gasteiger partial charge in [0.05, 0.1) is 5.02 Å². The van der Waals surface area contributed by atoms with Crippen LogP contribution in [0.3, 0.4) is 0 Å². The molecule has 0 fully saturated rings. The first-order valence-corrected chi connectivity index (χ1v) is 8.11. The second-order valence-corrected chi connectivity index (χ2v) is 7.09. The molecule has 1 aromatic carbocycles. The summed E-state index contributed by atoms with van der Waals surface area (Å²) in [7, 11) is 0. The van der Waals surface area contributed by atoms with E-state index in [-0.39, 0.29) is 10.6 Å². The SMILES string of the molecule is CC(C)(CNc1nn2c(=O)ccnc2s1)c1cccc(Cl)c1F. The second kappa shape index (κ2) is 5.90. The fraction of sp³-hybridized carbons (Fsp3) is 0.267. The van der Waals surface area contributed by atoms with Crippen molar-refractivity contribution in [2.45, 2.75) is 19.3 Å². The fourth-order valence-corrected chi connectivity index (χ4v) is 3.18. The van der Waals surface area contributed by atoms with Crippen LogP contribution in [0.2, 0.25) is 5.02 Å². The number of aromatic nitrogens is 3. The van der Waals surface area contributed by atoms with Gasteiger partial charge in [-0.3, -0.25) is 4.79 Å². The van der Waals surface area contributed by atoms with Crippen molar-refractivity contribution < 1.29 is 4.39 Å². The summed E-state index contributed by atoms with van der Waals surface area (Å²) < 4.78 is 15.5. The quantitative estimate of drug-likeness (QED) is 0.782. The highest BCUT2D eigenvalue weighted by atomic mass is 35.5. The molecule has 0 aliphatic rings. The van der Waals surface area contributed by atoms with Crippen LogP contribution < -0.4 is 10.9 Å². The normalized spacial score (nSPS) is 11.8. The van der Waals surface area contributed by atoms with Crippen molar-refractivity contribution >= 4 is 33.0 Å². The lowest BCUT2D eigenvalue weighted by Crippen LogP contribution is -2.29. The van der Waals surface area contributed by atoms with Crippen molar-refractivity contribution in [2.24, 2.45) is 0 Å². The minimum absolute atomic E-state index is 0.103. The van der Waals surface area contributed by atoms with Crippen LogP contribution in [0.15, 0.2) is 35.3 Å². The molecule has 0 aliphatic heterocycles. The molecule has 1 N–H and O–H groups in total. The number of anilines is 1. The molecule has 0 aliphatic carbocycles. The highest BCUT2D eigenvalue weighted by molar-refractivity contribution is 7.20. The molecule has 0 amide bonds. The summed E-state index contributed by atoms with van der Waals surface area (Å²) in [5.41, 5.74) is -0.223. The Bertz CT molecular complexity index is 921. The molecule has 3 rings (SSSR count). The van der Waals surface area contributed by atoms with E-state index in [0.717, 1.165) is 0 Å². The van der Waals surface area contributed by atoms with Gasteiger partial charge in [0.2, 0.25) is 10.1 Å². The third-order valence-corrected chi connectivity index (χ3v) is 4.71. The van der Waals surface area contributed by atoms with Gasteiger partial charge in [0.15, 0.2) is 0 Å². The van der Waals surface area contributed by atoms with Crippen molar-refractivity contribution in [1.82, 2.24) is 14.6 Å². The molecule has 0 saturated carbocycles. The lowest BCUT2D eigenvalue weighted by atomic mass is 9.84. The highest BCUT2D eigenvalue weighted by Crippen LogP contribution is 2.30. The Morgan fingerprint density at radius 2 is 2.17 bits per heavy atom. The molecule has 0 spiro atoms. The van der Waals surface area contributed by atoms with Gasteiger partial charge < -0.3 is 5.32 Å². The maximum absolute atomic E-state index is 14.2. The van der Waals surface area contributed by atoms with E-state index < -0.39 is 11.2 Å². The van der Waals surface area contributed by atoms with Crippen molar-refractivity contribution in [1.29, 1.82) is 0 Å². The van der Waals surface area contributed by atoms with E-state index in [9.17, 15) is 9.18 Å². The number of hydrogen-bond acceptors (Lipinski definition) is 5. The largest absolute Gasteiger partial charge is 0.359 e. The highest BCUT2D eigenvalue weighted by Gasteiger charge is 2.25. The van der Waals surface area contributed by atoms with Gasteiger partial charge >= 0.3 is 0 Å². The van der Waals surface area contributed by atoms with Crippen molar-refractivity contribution in [3.63, 3.8) is 0 Å². The Kier molecular flexibility index (Phi) is 4.08. The summed E-state index contributed by atoms with van der Waals surface area (Å²) >= 11 is 7.12. The number of benzene rings is 1. The van der Waals surface area contributed by atoms with Gasteiger partial charge in [0, 0.05) is 24.2 Å². The summed E-state index contributed by atoms with van der Waals surface area (Å²) in [6, 6.07) is 6.31. The van der Waals surface area contributed by atoms with Gasteiger partial charge in [-0.15, -0.1) is 5.10 Å². The zero-order valence-corrected chi connectivity index (χ0v) is 14.1. The van der Waals surface area contributed by atoms with E-state index in [1.165, 1.54) is 34.2 Å². The fourth-order valence-electron chi connectivity index (χ4n) is 2.23. The van der Waals surface area contributed by atoms with Crippen LogP contribution in [0.25, 0.3) is 4.96 Å². The van der Waals surface area contributed by atoms with Crippen molar-refractivity contribution in [2.75, 3.05) is 11.9 Å². The Morgan fingerprint density at radius 1 is 1.39 bits per heavy atom. The average Bonchev–Trinajstić information content (AvgIpc) is 2.93. The molecule has 0 saturated heterocycles. The van der Waals surface area contributed by atoms with Crippen LogP contribution in [0, 0.1) is 5.82 Å². The maximum Gasteiger partial charge on any atom is 0.275 e. The van der Waals surface area contributed by atoms with E-state index in [1.54, 1.807) is 12.1 Å². The summed E-state index contributed by atoms with van der Waals surface area (Å²) in [4.78, 5) is 16.3. The van der Waals surface area contributed by atoms with Crippen LogP contribution in [0.1, 0.15) is 19.4 Å². The molecule has 0 bridgehead atoms. The molecule has 0 atom stereocenters. The Morgan fingerprint density at radius 3 is 2.91 bits per heavy atom. The number of halogens is 2. The first kappa shape index (κ1) is 15.9. The summed E-state index contributed by atoms with van der Waals surface area (Å²) in [6.45, 7) is 4.25. The maximum atomic E-state index is 14.2. The summed E-state index contributed by atoms with van der Waals surface area (Å²) in [6.07, 6.45) is 1.45. The smallest absolute Gasteiger partial charge is 0.275 e. The molecule has 5 nitrogen and oxygen atoms in total. The van der Waals surface area contributed by atoms with Crippen LogP contribution in [-0.4, -0.2) is 21.1 Å². The number of rotatable bonds is 4. The minimum atomic E-state index is -0.509. The van der Waals surface area contributed by atoms with E-state index in [4.69, 9.17) is 11.6 Å². The van der Waals surface area contributed by atoms with Crippen LogP contribution in [-0.2, 0) is 5.41 Å². The molecule has 3 aromatic rings. The van der Waals surface area contributed by atoms with Gasteiger partial charge in [-0.25, -0.2) is 9.37 Å². The lowest BCUT2D eigenvalue weighted by molar-refractivity contribution is 0.504. The van der Waals surface area contributed by atoms with Gasteiger partial charge in [0.25, 0.3) is 5.56 Å². The van der Waals surface area contributed by atoms with Crippen molar-refractivity contribution in [3.8, 4) is 0 Å². The Balaban J connectivity index is 1.84. The van der Waals surface area contributed by atoms with Crippen LogP contribution in [0.4, 0.5) is 9.52 Å². The number of nitrogens with zero attached hydrogens (tertiary/aromatic N) is 3. The summed E-state index contributed by atoms with van der Waals surface area (Å²) in [5, 5.41) is 7.98. The second-order valence-electron chi connectivity index (χ2n) is 5.72. The molecule has 120 valence electrons. The van der Waals surface area contributed by atoms with E-state index in [0.29, 0.717) is 22.2 Å². The number of hydrogen-bond donors (Lipinski definition) is 1. The zero-order chi connectivity index (χ0) is 16.6.